The van der Waals surface area contributed by atoms with E-state index in [4.69, 9.17) is 18.9 Å². The van der Waals surface area contributed by atoms with Gasteiger partial charge in [0.05, 0.1) is 13.5 Å². The molecule has 0 bridgehead atoms. The van der Waals surface area contributed by atoms with Gasteiger partial charge in [0.1, 0.15) is 35.3 Å². The van der Waals surface area contributed by atoms with Crippen molar-refractivity contribution in [2.45, 2.75) is 97.6 Å². The third kappa shape index (κ3) is 11.8. The lowest BCUT2D eigenvalue weighted by Gasteiger charge is -2.26. The van der Waals surface area contributed by atoms with Gasteiger partial charge in [0.2, 0.25) is 5.91 Å². The predicted octanol–water partition coefficient (Wildman–Crippen LogP) is 9.91. The summed E-state index contributed by atoms with van der Waals surface area (Å²) in [5.41, 5.74) is 4.57. The standard InChI is InChI=1S/C47H55N3O7S/c1-46(2,3)56-44(52)39(49-45(53)57-47(4,5)6)28-42(51)48-35-19-17-33(18-20-35)43-38(25-32-15-16-34(40(26-32)54-7)29-50-23-11-12-24-50)37-22-21-36(27-41(37)58-43)55-30-31-13-9-8-10-14-31/h8-10,13-22,26-27,39H,11-12,23-25,28-30H2,1-7H3,(H,48,51)(H,49,53). The van der Waals surface area contributed by atoms with Crippen LogP contribution in [0.5, 0.6) is 11.5 Å². The number of alkyl carbamates (subject to hydrolysis) is 1. The molecule has 0 radical (unpaired) electrons. The van der Waals surface area contributed by atoms with Crippen molar-refractivity contribution in [2.24, 2.45) is 0 Å². The number of benzene rings is 4. The van der Waals surface area contributed by atoms with E-state index >= 15 is 0 Å². The number of methoxy groups -OCH3 is 1. The molecule has 10 nitrogen and oxygen atoms in total. The van der Waals surface area contributed by atoms with Crippen LogP contribution in [0.4, 0.5) is 10.5 Å². The molecule has 58 heavy (non-hydrogen) atoms. The summed E-state index contributed by atoms with van der Waals surface area (Å²) < 4.78 is 24.1. The largest absolute Gasteiger partial charge is 0.496 e. The van der Waals surface area contributed by atoms with Gasteiger partial charge in [-0.3, -0.25) is 9.69 Å². The zero-order valence-electron chi connectivity index (χ0n) is 34.6. The molecule has 6 rings (SSSR count). The first-order valence-corrected chi connectivity index (χ1v) is 20.7. The number of anilines is 1. The van der Waals surface area contributed by atoms with Crippen LogP contribution < -0.4 is 20.1 Å². The summed E-state index contributed by atoms with van der Waals surface area (Å²) in [5, 5.41) is 6.54. The number of nitrogens with zero attached hydrogens (tertiary/aromatic N) is 1. The van der Waals surface area contributed by atoms with E-state index in [0.717, 1.165) is 62.8 Å². The molecule has 1 aliphatic heterocycles. The zero-order valence-corrected chi connectivity index (χ0v) is 35.4. The fourth-order valence-corrected chi connectivity index (χ4v) is 8.16. The molecule has 0 saturated carbocycles. The van der Waals surface area contributed by atoms with Crippen LogP contribution in [0.3, 0.4) is 0 Å². The van der Waals surface area contributed by atoms with E-state index in [0.29, 0.717) is 18.7 Å². The number of ether oxygens (including phenoxy) is 4. The van der Waals surface area contributed by atoms with Gasteiger partial charge in [-0.05, 0) is 138 Å². The second-order valence-electron chi connectivity index (χ2n) is 16.7. The first-order valence-electron chi connectivity index (χ1n) is 19.9. The van der Waals surface area contributed by atoms with E-state index in [1.807, 2.05) is 48.5 Å². The Morgan fingerprint density at radius 3 is 2.19 bits per heavy atom. The van der Waals surface area contributed by atoms with Crippen molar-refractivity contribution < 1.29 is 33.3 Å². The molecule has 1 fully saturated rings. The number of hydrogen-bond acceptors (Lipinski definition) is 9. The highest BCUT2D eigenvalue weighted by Gasteiger charge is 2.31. The number of fused-ring (bicyclic) bond motifs is 1. The molecule has 1 aromatic heterocycles. The highest BCUT2D eigenvalue weighted by atomic mass is 32.1. The minimum absolute atomic E-state index is 0.342. The molecule has 1 saturated heterocycles. The van der Waals surface area contributed by atoms with E-state index < -0.39 is 35.2 Å². The SMILES string of the molecule is COc1cc(Cc2c(-c3ccc(NC(=O)CC(NC(=O)OC(C)(C)C)C(=O)OC(C)(C)C)cc3)sc3cc(OCc4ccccc4)ccc23)ccc1CN1CCCC1. The Morgan fingerprint density at radius 2 is 1.52 bits per heavy atom. The Bertz CT molecular complexity index is 2200. The lowest BCUT2D eigenvalue weighted by atomic mass is 9.97. The Hall–Kier alpha value is -5.39. The Labute approximate surface area is 345 Å². The predicted molar refractivity (Wildman–Crippen MR) is 231 cm³/mol. The highest BCUT2D eigenvalue weighted by Crippen LogP contribution is 2.42. The molecule has 306 valence electrons. The van der Waals surface area contributed by atoms with Crippen molar-refractivity contribution in [3.63, 3.8) is 0 Å². The first kappa shape index (κ1) is 42.2. The van der Waals surface area contributed by atoms with Crippen LogP contribution in [0.1, 0.15) is 83.1 Å². The normalized spacial score (nSPS) is 13.8. The van der Waals surface area contributed by atoms with Gasteiger partial charge in [-0.25, -0.2) is 9.59 Å². The summed E-state index contributed by atoms with van der Waals surface area (Å²) in [7, 11) is 1.74. The van der Waals surface area contributed by atoms with Gasteiger partial charge in [-0.1, -0.05) is 54.6 Å². The molecule has 2 heterocycles. The summed E-state index contributed by atoms with van der Waals surface area (Å²) >= 11 is 1.70. The molecule has 2 N–H and O–H groups in total. The van der Waals surface area contributed by atoms with Crippen molar-refractivity contribution in [1.29, 1.82) is 0 Å². The van der Waals surface area contributed by atoms with Crippen LogP contribution >= 0.6 is 11.3 Å². The van der Waals surface area contributed by atoms with E-state index in [9.17, 15) is 14.4 Å². The van der Waals surface area contributed by atoms with Crippen LogP contribution in [-0.4, -0.2) is 60.3 Å². The average molecular weight is 806 g/mol. The monoisotopic (exact) mass is 805 g/mol. The van der Waals surface area contributed by atoms with E-state index in [1.165, 1.54) is 24.0 Å². The fraction of sp³-hybridized carbons (Fsp3) is 0.383. The third-order valence-electron chi connectivity index (χ3n) is 9.54. The maximum atomic E-state index is 13.3. The summed E-state index contributed by atoms with van der Waals surface area (Å²) in [5.74, 6) is 0.505. The second kappa shape index (κ2) is 18.5. The van der Waals surface area contributed by atoms with Gasteiger partial charge < -0.3 is 29.6 Å². The zero-order chi connectivity index (χ0) is 41.5. The third-order valence-corrected chi connectivity index (χ3v) is 10.8. The summed E-state index contributed by atoms with van der Waals surface area (Å²) in [4.78, 5) is 42.5. The van der Waals surface area contributed by atoms with Gasteiger partial charge in [0, 0.05) is 27.4 Å². The van der Waals surface area contributed by atoms with Crippen molar-refractivity contribution >= 4 is 45.1 Å². The number of rotatable bonds is 14. The maximum absolute atomic E-state index is 13.3. The molecule has 11 heteroatoms. The van der Waals surface area contributed by atoms with Gasteiger partial charge in [0.25, 0.3) is 0 Å². The molecule has 1 atom stereocenters. The molecule has 0 aliphatic carbocycles. The molecule has 5 aromatic rings. The van der Waals surface area contributed by atoms with E-state index in [-0.39, 0.29) is 6.42 Å². The Balaban J connectivity index is 1.24. The minimum Gasteiger partial charge on any atom is -0.496 e. The molecular weight excluding hydrogens is 751 g/mol. The van der Waals surface area contributed by atoms with Crippen molar-refractivity contribution in [1.82, 2.24) is 10.2 Å². The number of carbonyl (C=O) groups excluding carboxylic acids is 3. The minimum atomic E-state index is -1.25. The lowest BCUT2D eigenvalue weighted by Crippen LogP contribution is -2.47. The van der Waals surface area contributed by atoms with E-state index in [1.54, 1.807) is 60.0 Å². The van der Waals surface area contributed by atoms with Crippen LogP contribution in [0.2, 0.25) is 0 Å². The summed E-state index contributed by atoms with van der Waals surface area (Å²) in [6, 6.07) is 29.4. The lowest BCUT2D eigenvalue weighted by molar-refractivity contribution is -0.158. The van der Waals surface area contributed by atoms with Gasteiger partial charge in [0.15, 0.2) is 0 Å². The van der Waals surface area contributed by atoms with Crippen LogP contribution in [0.15, 0.2) is 91.0 Å². The molecular formula is C47H55N3O7S. The van der Waals surface area contributed by atoms with Gasteiger partial charge in [-0.15, -0.1) is 11.3 Å². The van der Waals surface area contributed by atoms with Crippen LogP contribution in [-0.2, 0) is 38.6 Å². The molecule has 0 spiro atoms. The summed E-state index contributed by atoms with van der Waals surface area (Å²) in [6.07, 6.45) is 2.01. The molecule has 1 unspecified atom stereocenters. The Kier molecular flexibility index (Phi) is 13.4. The molecule has 4 aromatic carbocycles. The smallest absolute Gasteiger partial charge is 0.408 e. The number of esters is 1. The first-order chi connectivity index (χ1) is 27.6. The fourth-order valence-electron chi connectivity index (χ4n) is 6.90. The average Bonchev–Trinajstić information content (AvgIpc) is 3.81. The van der Waals surface area contributed by atoms with Crippen LogP contribution in [0, 0.1) is 0 Å². The Morgan fingerprint density at radius 1 is 0.810 bits per heavy atom. The van der Waals surface area contributed by atoms with Gasteiger partial charge >= 0.3 is 12.1 Å². The number of nitrogens with one attached hydrogen (secondary N) is 2. The number of likely N-dealkylation sites (tertiary alicyclic amines) is 1. The number of carbonyl (C=O) groups is 3. The molecule has 1 aliphatic rings. The molecule has 2 amide bonds. The quantitative estimate of drug-likeness (QED) is 0.107. The van der Waals surface area contributed by atoms with Crippen molar-refractivity contribution in [2.75, 3.05) is 25.5 Å². The van der Waals surface area contributed by atoms with Crippen molar-refractivity contribution in [3.05, 3.63) is 113 Å². The van der Waals surface area contributed by atoms with Crippen LogP contribution in [0.25, 0.3) is 20.5 Å². The number of thiophene rings is 1. The maximum Gasteiger partial charge on any atom is 0.408 e. The number of amides is 2. The van der Waals surface area contributed by atoms with E-state index in [2.05, 4.69) is 58.0 Å². The van der Waals surface area contributed by atoms with Gasteiger partial charge in [-0.2, -0.15) is 0 Å². The topological polar surface area (TPSA) is 115 Å². The second-order valence-corrected chi connectivity index (χ2v) is 17.8. The highest BCUT2D eigenvalue weighted by molar-refractivity contribution is 7.22. The van der Waals surface area contributed by atoms with Crippen molar-refractivity contribution in [3.8, 4) is 21.9 Å². The number of hydrogen-bond donors (Lipinski definition) is 2. The summed E-state index contributed by atoms with van der Waals surface area (Å²) in [6.45, 7) is 13.9.